The summed E-state index contributed by atoms with van der Waals surface area (Å²) in [5, 5.41) is 2.64. The molecule has 0 aliphatic carbocycles. The number of rotatable bonds is 5. The Labute approximate surface area is 157 Å². The molecule has 0 bridgehead atoms. The molecular formula is C20H21N3O2S. The molecular weight excluding hydrogens is 346 g/mol. The van der Waals surface area contributed by atoms with Crippen molar-refractivity contribution in [3.63, 3.8) is 0 Å². The third kappa shape index (κ3) is 3.60. The SMILES string of the molecule is COc1c(C)cnc(CN(C)C(=O)c2csc(-c3ccccc3)n2)c1C. The van der Waals surface area contributed by atoms with Crippen LogP contribution in [-0.4, -0.2) is 34.9 Å². The summed E-state index contributed by atoms with van der Waals surface area (Å²) in [5.41, 5.74) is 4.22. The topological polar surface area (TPSA) is 55.3 Å². The van der Waals surface area contributed by atoms with Crippen molar-refractivity contribution in [2.24, 2.45) is 0 Å². The van der Waals surface area contributed by atoms with Crippen molar-refractivity contribution in [1.82, 2.24) is 14.9 Å². The second-order valence-electron chi connectivity index (χ2n) is 6.11. The Kier molecular flexibility index (Phi) is 5.32. The summed E-state index contributed by atoms with van der Waals surface area (Å²) >= 11 is 1.47. The number of carbonyl (C=O) groups excluding carboxylic acids is 1. The van der Waals surface area contributed by atoms with Crippen LogP contribution in [0, 0.1) is 13.8 Å². The average molecular weight is 367 g/mol. The number of pyridine rings is 1. The molecule has 0 N–H and O–H groups in total. The second-order valence-corrected chi connectivity index (χ2v) is 6.97. The molecule has 0 saturated carbocycles. The Bertz CT molecular complexity index is 922. The standard InChI is InChI=1S/C20H21N3O2S/c1-13-10-21-16(14(2)18(13)25-4)11-23(3)20(24)17-12-26-19(22-17)15-8-6-5-7-9-15/h5-10,12H,11H2,1-4H3. The number of hydrogen-bond acceptors (Lipinski definition) is 5. The first-order valence-electron chi connectivity index (χ1n) is 8.26. The highest BCUT2D eigenvalue weighted by Crippen LogP contribution is 2.26. The summed E-state index contributed by atoms with van der Waals surface area (Å²) in [6, 6.07) is 9.86. The van der Waals surface area contributed by atoms with Gasteiger partial charge in [0.1, 0.15) is 16.5 Å². The van der Waals surface area contributed by atoms with E-state index in [1.165, 1.54) is 11.3 Å². The molecule has 0 aliphatic rings. The molecule has 5 nitrogen and oxygen atoms in total. The van der Waals surface area contributed by atoms with Crippen LogP contribution in [0.4, 0.5) is 0 Å². The third-order valence-corrected chi connectivity index (χ3v) is 5.12. The second kappa shape index (κ2) is 7.66. The number of nitrogens with zero attached hydrogens (tertiary/aromatic N) is 3. The third-order valence-electron chi connectivity index (χ3n) is 4.23. The molecule has 0 atom stereocenters. The molecule has 0 spiro atoms. The van der Waals surface area contributed by atoms with E-state index in [0.717, 1.165) is 33.1 Å². The van der Waals surface area contributed by atoms with Crippen LogP contribution < -0.4 is 4.74 Å². The van der Waals surface area contributed by atoms with Gasteiger partial charge in [-0.3, -0.25) is 9.78 Å². The van der Waals surface area contributed by atoms with E-state index in [9.17, 15) is 4.79 Å². The van der Waals surface area contributed by atoms with E-state index in [0.29, 0.717) is 12.2 Å². The van der Waals surface area contributed by atoms with Gasteiger partial charge in [0.2, 0.25) is 0 Å². The van der Waals surface area contributed by atoms with E-state index >= 15 is 0 Å². The Morgan fingerprint density at radius 3 is 2.65 bits per heavy atom. The highest BCUT2D eigenvalue weighted by atomic mass is 32.1. The van der Waals surface area contributed by atoms with E-state index in [4.69, 9.17) is 4.74 Å². The van der Waals surface area contributed by atoms with E-state index in [2.05, 4.69) is 9.97 Å². The molecule has 0 radical (unpaired) electrons. The summed E-state index contributed by atoms with van der Waals surface area (Å²) < 4.78 is 5.44. The van der Waals surface area contributed by atoms with Gasteiger partial charge in [-0.05, 0) is 13.8 Å². The van der Waals surface area contributed by atoms with Crippen molar-refractivity contribution < 1.29 is 9.53 Å². The van der Waals surface area contributed by atoms with E-state index in [1.807, 2.05) is 44.2 Å². The summed E-state index contributed by atoms with van der Waals surface area (Å²) in [6.07, 6.45) is 1.77. The fourth-order valence-corrected chi connectivity index (χ4v) is 3.61. The molecule has 0 unspecified atom stereocenters. The number of thiazole rings is 1. The van der Waals surface area contributed by atoms with E-state index < -0.39 is 0 Å². The number of aromatic nitrogens is 2. The lowest BCUT2D eigenvalue weighted by molar-refractivity contribution is 0.0778. The molecule has 134 valence electrons. The normalized spacial score (nSPS) is 10.6. The van der Waals surface area contributed by atoms with E-state index in [1.54, 1.807) is 30.6 Å². The van der Waals surface area contributed by atoms with Crippen LogP contribution in [0.25, 0.3) is 10.6 Å². The number of aryl methyl sites for hydroxylation is 1. The number of ether oxygens (including phenoxy) is 1. The highest BCUT2D eigenvalue weighted by molar-refractivity contribution is 7.13. The lowest BCUT2D eigenvalue weighted by Crippen LogP contribution is -2.27. The summed E-state index contributed by atoms with van der Waals surface area (Å²) in [6.45, 7) is 4.32. The van der Waals surface area contributed by atoms with Crippen LogP contribution in [0.5, 0.6) is 5.75 Å². The first kappa shape index (κ1) is 18.1. The first-order valence-corrected chi connectivity index (χ1v) is 9.14. The maximum absolute atomic E-state index is 12.7. The van der Waals surface area contributed by atoms with Crippen molar-refractivity contribution in [3.8, 4) is 16.3 Å². The largest absolute Gasteiger partial charge is 0.496 e. The molecule has 2 heterocycles. The average Bonchev–Trinajstić information content (AvgIpc) is 3.14. The maximum atomic E-state index is 12.7. The molecule has 26 heavy (non-hydrogen) atoms. The fraction of sp³-hybridized carbons (Fsp3) is 0.250. The van der Waals surface area contributed by atoms with Crippen LogP contribution in [0.3, 0.4) is 0 Å². The Hall–Kier alpha value is -2.73. The van der Waals surface area contributed by atoms with Crippen LogP contribution in [-0.2, 0) is 6.54 Å². The Morgan fingerprint density at radius 2 is 1.96 bits per heavy atom. The maximum Gasteiger partial charge on any atom is 0.273 e. The summed E-state index contributed by atoms with van der Waals surface area (Å²) in [4.78, 5) is 23.3. The molecule has 3 rings (SSSR count). The van der Waals surface area contributed by atoms with Gasteiger partial charge in [0.05, 0.1) is 19.3 Å². The van der Waals surface area contributed by atoms with Gasteiger partial charge >= 0.3 is 0 Å². The van der Waals surface area contributed by atoms with Crippen LogP contribution in [0.1, 0.15) is 27.3 Å². The van der Waals surface area contributed by atoms with Crippen molar-refractivity contribution in [3.05, 3.63) is 64.4 Å². The molecule has 0 saturated heterocycles. The molecule has 6 heteroatoms. The van der Waals surface area contributed by atoms with Gasteiger partial charge in [0, 0.05) is 35.3 Å². The van der Waals surface area contributed by atoms with Gasteiger partial charge in [-0.15, -0.1) is 11.3 Å². The van der Waals surface area contributed by atoms with Gasteiger partial charge in [-0.1, -0.05) is 30.3 Å². The zero-order chi connectivity index (χ0) is 18.7. The lowest BCUT2D eigenvalue weighted by Gasteiger charge is -2.18. The molecule has 3 aromatic rings. The van der Waals surface area contributed by atoms with E-state index in [-0.39, 0.29) is 5.91 Å². The molecule has 0 aliphatic heterocycles. The quantitative estimate of drug-likeness (QED) is 0.681. The molecule has 2 aromatic heterocycles. The number of carbonyl (C=O) groups is 1. The minimum Gasteiger partial charge on any atom is -0.496 e. The number of benzene rings is 1. The number of amides is 1. The lowest BCUT2D eigenvalue weighted by atomic mass is 10.1. The smallest absolute Gasteiger partial charge is 0.273 e. The molecule has 0 fully saturated rings. The Balaban J connectivity index is 1.78. The first-order chi connectivity index (χ1) is 12.5. The van der Waals surface area contributed by atoms with Crippen molar-refractivity contribution in [2.75, 3.05) is 14.2 Å². The van der Waals surface area contributed by atoms with Crippen molar-refractivity contribution in [1.29, 1.82) is 0 Å². The minimum absolute atomic E-state index is 0.121. The van der Waals surface area contributed by atoms with Gasteiger partial charge in [0.15, 0.2) is 0 Å². The van der Waals surface area contributed by atoms with Gasteiger partial charge in [-0.2, -0.15) is 0 Å². The molecule has 1 amide bonds. The predicted molar refractivity (Wildman–Crippen MR) is 104 cm³/mol. The van der Waals surface area contributed by atoms with Crippen molar-refractivity contribution >= 4 is 17.2 Å². The number of hydrogen-bond donors (Lipinski definition) is 0. The predicted octanol–water partition coefficient (Wildman–Crippen LogP) is 4.10. The summed E-state index contributed by atoms with van der Waals surface area (Å²) in [5.74, 6) is 0.694. The molecule has 1 aromatic carbocycles. The number of methoxy groups -OCH3 is 1. The van der Waals surface area contributed by atoms with Crippen LogP contribution in [0.15, 0.2) is 41.9 Å². The zero-order valence-electron chi connectivity index (χ0n) is 15.3. The zero-order valence-corrected chi connectivity index (χ0v) is 16.1. The monoisotopic (exact) mass is 367 g/mol. The van der Waals surface area contributed by atoms with Gasteiger partial charge in [0.25, 0.3) is 5.91 Å². The van der Waals surface area contributed by atoms with Gasteiger partial charge in [-0.25, -0.2) is 4.98 Å². The van der Waals surface area contributed by atoms with Crippen molar-refractivity contribution in [2.45, 2.75) is 20.4 Å². The highest BCUT2D eigenvalue weighted by Gasteiger charge is 2.19. The minimum atomic E-state index is -0.121. The van der Waals surface area contributed by atoms with Crippen LogP contribution >= 0.6 is 11.3 Å². The van der Waals surface area contributed by atoms with Gasteiger partial charge < -0.3 is 9.64 Å². The Morgan fingerprint density at radius 1 is 1.23 bits per heavy atom. The van der Waals surface area contributed by atoms with Crippen LogP contribution in [0.2, 0.25) is 0 Å². The summed E-state index contributed by atoms with van der Waals surface area (Å²) in [7, 11) is 3.41. The fourth-order valence-electron chi connectivity index (χ4n) is 2.81.